The molecule has 67 heavy (non-hydrogen) atoms. The maximum Gasteiger partial charge on any atom is 0.472 e. The van der Waals surface area contributed by atoms with E-state index in [1.165, 1.54) is 6.92 Å². The summed E-state index contributed by atoms with van der Waals surface area (Å²) in [5.74, 6) is -0.0645. The second-order valence-electron chi connectivity index (χ2n) is 15.9. The van der Waals surface area contributed by atoms with Crippen LogP contribution in [0.25, 0.3) is 11.2 Å². The number of aromatic amines is 1. The van der Waals surface area contributed by atoms with Crippen molar-refractivity contribution in [3.63, 3.8) is 0 Å². The van der Waals surface area contributed by atoms with E-state index in [9.17, 15) is 43.4 Å². The molecular formula is C37H61N11O16P2S. The van der Waals surface area contributed by atoms with Crippen molar-refractivity contribution in [3.8, 4) is 0 Å². The second-order valence-corrected chi connectivity index (χ2v) is 20.3. The van der Waals surface area contributed by atoms with Crippen molar-refractivity contribution in [2.75, 3.05) is 77.4 Å². The van der Waals surface area contributed by atoms with E-state index in [-0.39, 0.29) is 92.9 Å². The van der Waals surface area contributed by atoms with Crippen LogP contribution in [0.4, 0.5) is 10.6 Å². The molecule has 4 aliphatic rings. The third-order valence-corrected chi connectivity index (χ3v) is 15.2. The van der Waals surface area contributed by atoms with Crippen LogP contribution in [0.2, 0.25) is 0 Å². The number of unbranched alkanes of at least 4 members (excludes halogenated alkanes) is 1. The minimum absolute atomic E-state index is 0.00751. The Labute approximate surface area is 390 Å². The molecule has 0 spiro atoms. The molecule has 30 heteroatoms. The first-order valence-corrected chi connectivity index (χ1v) is 26.3. The number of imidazole rings is 1. The van der Waals surface area contributed by atoms with E-state index >= 15 is 0 Å². The number of nitrogen functional groups attached to an aromatic ring is 1. The summed E-state index contributed by atoms with van der Waals surface area (Å²) in [5, 5.41) is 28.5. The number of amides is 5. The maximum atomic E-state index is 13.5. The van der Waals surface area contributed by atoms with Crippen LogP contribution in [0.1, 0.15) is 64.5 Å². The number of nitrogens with one attached hydrogen (secondary N) is 7. The van der Waals surface area contributed by atoms with Crippen molar-refractivity contribution in [2.45, 2.75) is 106 Å². The Morgan fingerprint density at radius 3 is 2.55 bits per heavy atom. The molecule has 5 amide bonds. The number of fused-ring (bicyclic) bond motifs is 2. The fraction of sp³-hybridized carbons (Fsp3) is 0.757. The van der Waals surface area contributed by atoms with Crippen molar-refractivity contribution in [3.05, 3.63) is 16.8 Å². The number of nitrogens with zero attached hydrogens (tertiary/aromatic N) is 3. The average Bonchev–Trinajstić information content (AvgIpc) is 4.13. The summed E-state index contributed by atoms with van der Waals surface area (Å²) in [6.07, 6.45) is -0.751. The summed E-state index contributed by atoms with van der Waals surface area (Å²) in [6, 6.07) is -0.388. The minimum atomic E-state index is -5.02. The zero-order valence-corrected chi connectivity index (χ0v) is 39.6. The van der Waals surface area contributed by atoms with E-state index < -0.39 is 71.3 Å². The molecule has 6 rings (SSSR count). The van der Waals surface area contributed by atoms with Gasteiger partial charge in [-0.3, -0.25) is 23.4 Å². The van der Waals surface area contributed by atoms with Gasteiger partial charge in [0.2, 0.25) is 11.8 Å². The van der Waals surface area contributed by atoms with Crippen molar-refractivity contribution < 1.29 is 70.9 Å². The highest BCUT2D eigenvalue weighted by Crippen LogP contribution is 2.51. The number of H-pyrrole nitrogens is 1. The van der Waals surface area contributed by atoms with Gasteiger partial charge in [-0.25, -0.2) is 28.7 Å². The number of rotatable bonds is 29. The Kier molecular flexibility index (Phi) is 19.9. The molecule has 0 aromatic carbocycles. The molecule has 4 saturated heterocycles. The molecule has 0 bridgehead atoms. The van der Waals surface area contributed by atoms with Crippen LogP contribution in [0.3, 0.4) is 0 Å². The topological polar surface area (TPSA) is 375 Å². The highest BCUT2D eigenvalue weighted by atomic mass is 32.2. The molecule has 6 heterocycles. The van der Waals surface area contributed by atoms with Crippen LogP contribution in [-0.2, 0) is 51.3 Å². The fourth-order valence-electron chi connectivity index (χ4n) is 7.84. The molecule has 27 nitrogen and oxygen atoms in total. The Morgan fingerprint density at radius 2 is 1.79 bits per heavy atom. The number of nitrogens with two attached hydrogens (primary N) is 1. The highest BCUT2D eigenvalue weighted by molar-refractivity contribution is 8.00. The quantitative estimate of drug-likeness (QED) is 0.0244. The Hall–Kier alpha value is -3.60. The van der Waals surface area contributed by atoms with E-state index in [1.54, 1.807) is 0 Å². The molecule has 0 radical (unpaired) electrons. The van der Waals surface area contributed by atoms with Crippen molar-refractivity contribution >= 4 is 68.4 Å². The number of ether oxygens (including phenoxy) is 3. The lowest BCUT2D eigenvalue weighted by Crippen LogP contribution is -2.44. The fourth-order valence-corrected chi connectivity index (χ4v) is 11.6. The summed E-state index contributed by atoms with van der Waals surface area (Å²) in [6.45, 7) is 1.69. The number of phosphoric ester groups is 1. The molecule has 2 unspecified atom stereocenters. The summed E-state index contributed by atoms with van der Waals surface area (Å²) in [7, 11) is -9.35. The predicted molar refractivity (Wildman–Crippen MR) is 238 cm³/mol. The number of carbonyl (C=O) groups excluding carboxylic acids is 4. The molecular weight excluding hydrogens is 948 g/mol. The van der Waals surface area contributed by atoms with Gasteiger partial charge in [0.25, 0.3) is 5.91 Å². The highest BCUT2D eigenvalue weighted by Gasteiger charge is 2.52. The van der Waals surface area contributed by atoms with Gasteiger partial charge < -0.3 is 66.4 Å². The average molecular weight is 1010 g/mol. The van der Waals surface area contributed by atoms with Crippen LogP contribution in [0, 0.1) is 0 Å². The van der Waals surface area contributed by atoms with Gasteiger partial charge in [-0.2, -0.15) is 25.9 Å². The standard InChI is InChI=1S/C37H61N11O16P2S/c1-2-60-65(55,47-34(52)22-7-5-11-39-22)62-19-24-30(51)31(35(63-24)48-33-29(46-37(48)54)32(38)42-21-43-33)64-66(56,57)61-18-17-59-16-15-58-14-13-41-27(50)10-6-12-40-26(49)9-4-3-8-25-28-23(20-67-25)44-36(53)45-28/h21-25,28,30-31,35,39,51H,2-20H2,1H3,(H,40,49)(H,41,50)(H,46,54)(H,56,57)(H2,38,42,43)(H2,44,45,53)(H,47,52,55)/t22-,23-,24+,25-,28-,30+,31+,35+,65?/m0/s1. The van der Waals surface area contributed by atoms with Crippen LogP contribution < -0.4 is 48.0 Å². The molecule has 4 fully saturated rings. The van der Waals surface area contributed by atoms with Gasteiger partial charge >= 0.3 is 27.6 Å². The number of phosphoric acid groups is 1. The number of hydrogen-bond acceptors (Lipinski definition) is 20. The van der Waals surface area contributed by atoms with E-state index in [0.717, 1.165) is 42.3 Å². The van der Waals surface area contributed by atoms with Crippen molar-refractivity contribution in [2.24, 2.45) is 0 Å². The first kappa shape index (κ1) is 52.8. The van der Waals surface area contributed by atoms with E-state index in [0.29, 0.717) is 37.6 Å². The smallest absolute Gasteiger partial charge is 0.472 e. The minimum Gasteiger partial charge on any atom is -0.612 e. The largest absolute Gasteiger partial charge is 0.612 e. The van der Waals surface area contributed by atoms with Gasteiger partial charge in [-0.1, -0.05) is 6.42 Å². The van der Waals surface area contributed by atoms with Crippen LogP contribution >= 0.6 is 27.7 Å². The number of carbonyl (C=O) groups is 4. The molecule has 2 aromatic rings. The third-order valence-electron chi connectivity index (χ3n) is 11.1. The first-order valence-electron chi connectivity index (χ1n) is 22.2. The molecule has 11 N–H and O–H groups in total. The molecule has 10 atom stereocenters. The molecule has 2 aromatic heterocycles. The van der Waals surface area contributed by atoms with E-state index in [4.69, 9.17) is 38.0 Å². The number of aliphatic hydroxyl groups excluding tert-OH is 1. The monoisotopic (exact) mass is 1010 g/mol. The predicted octanol–water partition coefficient (Wildman–Crippen LogP) is -1.81. The summed E-state index contributed by atoms with van der Waals surface area (Å²) >= 11 is 1.85. The number of aromatic nitrogens is 4. The van der Waals surface area contributed by atoms with Crippen LogP contribution in [0.15, 0.2) is 11.1 Å². The molecule has 0 aliphatic carbocycles. The molecule has 0 saturated carbocycles. The Balaban J connectivity index is 0.854. The summed E-state index contributed by atoms with van der Waals surface area (Å²) in [4.78, 5) is 96.4. The van der Waals surface area contributed by atoms with Crippen molar-refractivity contribution in [1.29, 1.82) is 0 Å². The number of anilines is 1. The summed E-state index contributed by atoms with van der Waals surface area (Å²) in [5.41, 5.74) is 4.97. The number of hydrogen-bond donors (Lipinski definition) is 10. The number of urea groups is 1. The zero-order chi connectivity index (χ0) is 48.0. The van der Waals surface area contributed by atoms with Gasteiger partial charge in [0.05, 0.1) is 57.8 Å². The first-order chi connectivity index (χ1) is 32.2. The molecule has 4 aliphatic heterocycles. The Bertz CT molecular complexity index is 2090. The SMILES string of the molecule is CCO[P+]([O-])(NC(=O)[C@@H]1CCCN1)OC[C@H]1O[C@@H](n2c(=O)[nH]c3c(N)ncnc32)[C@H](OP(=O)(O)OCCOCCOCCNC(=O)CCCNC(=O)CCCC[C@@H]2SC[C@@H]3NC(=O)N[C@@H]32)[C@@H]1O. The lowest BCUT2D eigenvalue weighted by Gasteiger charge is -2.28. The maximum absolute atomic E-state index is 13.5. The normalized spacial score (nSPS) is 26.4. The van der Waals surface area contributed by atoms with Crippen LogP contribution in [0.5, 0.6) is 0 Å². The van der Waals surface area contributed by atoms with Gasteiger partial charge in [-0.05, 0) is 45.6 Å². The number of thioether (sulfide) groups is 1. The third kappa shape index (κ3) is 15.2. The number of aliphatic hydroxyl groups is 1. The van der Waals surface area contributed by atoms with E-state index in [2.05, 4.69) is 46.6 Å². The Morgan fingerprint density at radius 1 is 1.04 bits per heavy atom. The lowest BCUT2D eigenvalue weighted by molar-refractivity contribution is -0.226. The lowest BCUT2D eigenvalue weighted by atomic mass is 10.0. The van der Waals surface area contributed by atoms with Crippen molar-refractivity contribution in [1.82, 2.24) is 51.2 Å². The zero-order valence-electron chi connectivity index (χ0n) is 37.0. The van der Waals surface area contributed by atoms with E-state index in [1.807, 2.05) is 11.8 Å². The van der Waals surface area contributed by atoms with Crippen LogP contribution in [-0.4, -0.2) is 167 Å². The molecule has 376 valence electrons. The van der Waals surface area contributed by atoms with Gasteiger partial charge in [0, 0.05) is 36.9 Å². The van der Waals surface area contributed by atoms with Gasteiger partial charge in [0.1, 0.15) is 36.8 Å². The van der Waals surface area contributed by atoms with Gasteiger partial charge in [-0.15, -0.1) is 0 Å². The second kappa shape index (κ2) is 25.3. The van der Waals surface area contributed by atoms with Gasteiger partial charge in [0.15, 0.2) is 17.7 Å². The summed E-state index contributed by atoms with van der Waals surface area (Å²) < 4.78 is 52.1.